The summed E-state index contributed by atoms with van der Waals surface area (Å²) in [5.41, 5.74) is 4.32. The normalized spacial score (nSPS) is 10.7. The van der Waals surface area contributed by atoms with Gasteiger partial charge < -0.3 is 24.9 Å². The number of nitrogens with zero attached hydrogens (tertiary/aromatic N) is 3. The van der Waals surface area contributed by atoms with E-state index in [1.807, 2.05) is 84.9 Å². The molecule has 37 heavy (non-hydrogen) atoms. The summed E-state index contributed by atoms with van der Waals surface area (Å²) in [6, 6.07) is 27.3. The zero-order valence-electron chi connectivity index (χ0n) is 20.2. The minimum Gasteiger partial charge on any atom is -0.493 e. The highest BCUT2D eigenvalue weighted by Gasteiger charge is 2.10. The number of aliphatic hydroxyl groups excluding tert-OH is 1. The Balaban J connectivity index is 1.27. The quantitative estimate of drug-likeness (QED) is 0.205. The summed E-state index contributed by atoms with van der Waals surface area (Å²) in [4.78, 5) is 16.9. The molecule has 0 amide bonds. The molecule has 0 saturated carbocycles. The van der Waals surface area contributed by atoms with Gasteiger partial charge in [-0.2, -0.15) is 0 Å². The molecule has 3 aromatic carbocycles. The van der Waals surface area contributed by atoms with E-state index in [0.29, 0.717) is 37.0 Å². The Morgan fingerprint density at radius 3 is 2.54 bits per heavy atom. The maximum absolute atomic E-state index is 8.93. The molecule has 0 atom stereocenters. The zero-order chi connectivity index (χ0) is 25.3. The molecule has 8 nitrogen and oxygen atoms in total. The maximum Gasteiger partial charge on any atom is 0.227 e. The van der Waals surface area contributed by atoms with Crippen LogP contribution in [0.15, 0.2) is 97.3 Å². The molecule has 3 N–H and O–H groups in total. The molecular weight excluding hydrogens is 466 g/mol. The van der Waals surface area contributed by atoms with Crippen molar-refractivity contribution in [3.8, 4) is 34.3 Å². The van der Waals surface area contributed by atoms with E-state index in [1.165, 1.54) is 0 Å². The zero-order valence-corrected chi connectivity index (χ0v) is 20.2. The molecule has 0 unspecified atom stereocenters. The van der Waals surface area contributed by atoms with Crippen LogP contribution in [0, 0.1) is 0 Å². The fourth-order valence-electron chi connectivity index (χ4n) is 3.69. The second kappa shape index (κ2) is 11.8. The van der Waals surface area contributed by atoms with Crippen LogP contribution in [0.4, 0.5) is 11.6 Å². The third-order valence-corrected chi connectivity index (χ3v) is 5.52. The molecule has 2 aromatic heterocycles. The van der Waals surface area contributed by atoms with Gasteiger partial charge in [0.25, 0.3) is 0 Å². The van der Waals surface area contributed by atoms with Crippen LogP contribution in [0.25, 0.3) is 22.8 Å². The maximum atomic E-state index is 8.93. The second-order valence-electron chi connectivity index (χ2n) is 8.29. The van der Waals surface area contributed by atoms with Gasteiger partial charge in [0.1, 0.15) is 23.9 Å². The van der Waals surface area contributed by atoms with Gasteiger partial charge in [0.2, 0.25) is 5.95 Å². The molecule has 0 bridgehead atoms. The number of aromatic nitrogens is 4. The molecule has 0 aliphatic heterocycles. The largest absolute Gasteiger partial charge is 0.493 e. The number of rotatable bonds is 11. The van der Waals surface area contributed by atoms with E-state index in [0.717, 1.165) is 34.1 Å². The molecular formula is C29H27N5O3. The van der Waals surface area contributed by atoms with E-state index in [4.69, 9.17) is 14.6 Å². The molecule has 0 spiro atoms. The van der Waals surface area contributed by atoms with Gasteiger partial charge in [-0.3, -0.25) is 0 Å². The van der Waals surface area contributed by atoms with Gasteiger partial charge in [-0.15, -0.1) is 0 Å². The smallest absolute Gasteiger partial charge is 0.227 e. The summed E-state index contributed by atoms with van der Waals surface area (Å²) in [6.45, 7) is 1.06. The number of aliphatic hydroxyl groups is 1. The van der Waals surface area contributed by atoms with Gasteiger partial charge in [0.15, 0.2) is 0 Å². The van der Waals surface area contributed by atoms with Gasteiger partial charge >= 0.3 is 0 Å². The van der Waals surface area contributed by atoms with Crippen LogP contribution in [0.1, 0.15) is 12.0 Å². The summed E-state index contributed by atoms with van der Waals surface area (Å²) in [6.07, 6.45) is 4.04. The van der Waals surface area contributed by atoms with Gasteiger partial charge in [-0.05, 0) is 35.9 Å². The van der Waals surface area contributed by atoms with E-state index in [2.05, 4.69) is 25.3 Å². The van der Waals surface area contributed by atoms with Gasteiger partial charge in [-0.25, -0.2) is 15.0 Å². The van der Waals surface area contributed by atoms with E-state index in [-0.39, 0.29) is 6.61 Å². The number of hydrogen-bond donors (Lipinski definition) is 3. The molecule has 0 fully saturated rings. The lowest BCUT2D eigenvalue weighted by atomic mass is 10.2. The van der Waals surface area contributed by atoms with Crippen LogP contribution in [0.3, 0.4) is 0 Å². The Labute approximate surface area is 215 Å². The Kier molecular flexibility index (Phi) is 7.68. The van der Waals surface area contributed by atoms with Crippen molar-refractivity contribution >= 4 is 11.6 Å². The monoisotopic (exact) mass is 493 g/mol. The van der Waals surface area contributed by atoms with Gasteiger partial charge in [0.05, 0.1) is 24.2 Å². The molecule has 0 aliphatic rings. The van der Waals surface area contributed by atoms with E-state index < -0.39 is 0 Å². The molecule has 186 valence electrons. The highest BCUT2D eigenvalue weighted by atomic mass is 16.5. The summed E-state index contributed by atoms with van der Waals surface area (Å²) in [5, 5.41) is 12.1. The van der Waals surface area contributed by atoms with Crippen LogP contribution in [-0.4, -0.2) is 38.3 Å². The number of hydrogen-bond acceptors (Lipinski definition) is 7. The van der Waals surface area contributed by atoms with Gasteiger partial charge in [-0.1, -0.05) is 48.5 Å². The first-order chi connectivity index (χ1) is 18.3. The van der Waals surface area contributed by atoms with Crippen molar-refractivity contribution in [3.63, 3.8) is 0 Å². The SMILES string of the molecule is OCCCOc1cccc(Nc2nccc(-c3cnc(-c4cccc(OCc5ccccc5)c4)[nH]3)n2)c1. The number of benzene rings is 3. The minimum atomic E-state index is 0.0986. The standard InChI is InChI=1S/C29H27N5O3/c35-15-6-16-36-25-12-5-10-23(18-25)32-29-30-14-13-26(34-29)27-19-31-28(33-27)22-9-4-11-24(17-22)37-20-21-7-2-1-3-8-21/h1-5,7-14,17-19,35H,6,15-16,20H2,(H,31,33)(H,30,32,34). The average Bonchev–Trinajstić information content (AvgIpc) is 3.44. The van der Waals surface area contributed by atoms with Crippen molar-refractivity contribution < 1.29 is 14.6 Å². The van der Waals surface area contributed by atoms with Crippen LogP contribution < -0.4 is 14.8 Å². The molecule has 5 aromatic rings. The number of aromatic amines is 1. The van der Waals surface area contributed by atoms with Crippen molar-refractivity contribution in [3.05, 3.63) is 103 Å². The fraction of sp³-hybridized carbons (Fsp3) is 0.138. The fourth-order valence-corrected chi connectivity index (χ4v) is 3.69. The lowest BCUT2D eigenvalue weighted by Gasteiger charge is -2.09. The summed E-state index contributed by atoms with van der Waals surface area (Å²) >= 11 is 0. The van der Waals surface area contributed by atoms with Crippen LogP contribution in [-0.2, 0) is 6.61 Å². The van der Waals surface area contributed by atoms with E-state index >= 15 is 0 Å². The number of anilines is 2. The number of nitrogens with one attached hydrogen (secondary N) is 2. The number of ether oxygens (including phenoxy) is 2. The van der Waals surface area contributed by atoms with Crippen molar-refractivity contribution in [1.82, 2.24) is 19.9 Å². The van der Waals surface area contributed by atoms with Crippen LogP contribution in [0.2, 0.25) is 0 Å². The first-order valence-electron chi connectivity index (χ1n) is 12.0. The van der Waals surface area contributed by atoms with E-state index in [1.54, 1.807) is 12.4 Å². The lowest BCUT2D eigenvalue weighted by Crippen LogP contribution is -2.01. The van der Waals surface area contributed by atoms with Crippen molar-refractivity contribution in [2.75, 3.05) is 18.5 Å². The molecule has 5 rings (SSSR count). The van der Waals surface area contributed by atoms with Gasteiger partial charge in [0, 0.05) is 36.5 Å². The van der Waals surface area contributed by atoms with Crippen molar-refractivity contribution in [2.45, 2.75) is 13.0 Å². The van der Waals surface area contributed by atoms with Crippen LogP contribution >= 0.6 is 0 Å². The Hall–Kier alpha value is -4.69. The van der Waals surface area contributed by atoms with Crippen molar-refractivity contribution in [2.24, 2.45) is 0 Å². The number of imidazole rings is 1. The number of H-pyrrole nitrogens is 1. The Morgan fingerprint density at radius 2 is 1.68 bits per heavy atom. The highest BCUT2D eigenvalue weighted by molar-refractivity contribution is 5.64. The Morgan fingerprint density at radius 1 is 0.838 bits per heavy atom. The van der Waals surface area contributed by atoms with Crippen LogP contribution in [0.5, 0.6) is 11.5 Å². The molecule has 0 aliphatic carbocycles. The van der Waals surface area contributed by atoms with Crippen molar-refractivity contribution in [1.29, 1.82) is 0 Å². The Bertz CT molecular complexity index is 1440. The molecule has 8 heteroatoms. The topological polar surface area (TPSA) is 105 Å². The average molecular weight is 494 g/mol. The summed E-state index contributed by atoms with van der Waals surface area (Å²) in [7, 11) is 0. The molecule has 0 saturated heterocycles. The third-order valence-electron chi connectivity index (χ3n) is 5.52. The predicted octanol–water partition coefficient (Wildman–Crippen LogP) is 5.62. The molecule has 0 radical (unpaired) electrons. The molecule has 2 heterocycles. The summed E-state index contributed by atoms with van der Waals surface area (Å²) < 4.78 is 11.6. The minimum absolute atomic E-state index is 0.0986. The second-order valence-corrected chi connectivity index (χ2v) is 8.29. The first-order valence-corrected chi connectivity index (χ1v) is 12.0. The first kappa shape index (κ1) is 24.0. The third kappa shape index (κ3) is 6.50. The summed E-state index contributed by atoms with van der Waals surface area (Å²) in [5.74, 6) is 2.66. The van der Waals surface area contributed by atoms with E-state index in [9.17, 15) is 0 Å². The predicted molar refractivity (Wildman–Crippen MR) is 143 cm³/mol. The highest BCUT2D eigenvalue weighted by Crippen LogP contribution is 2.26. The lowest BCUT2D eigenvalue weighted by molar-refractivity contribution is 0.233.